The molecule has 0 radical (unpaired) electrons. The first kappa shape index (κ1) is 17.2. The first-order chi connectivity index (χ1) is 10.0. The van der Waals surface area contributed by atoms with Crippen molar-refractivity contribution in [3.05, 3.63) is 0 Å². The van der Waals surface area contributed by atoms with Gasteiger partial charge in [-0.15, -0.1) is 0 Å². The fourth-order valence-electron chi connectivity index (χ4n) is 4.26. The molecule has 2 fully saturated rings. The largest absolute Gasteiger partial charge is 0.395 e. The van der Waals surface area contributed by atoms with E-state index in [0.717, 1.165) is 19.0 Å². The molecule has 3 heteroatoms. The van der Waals surface area contributed by atoms with Crippen LogP contribution in [0.2, 0.25) is 0 Å². The van der Waals surface area contributed by atoms with Crippen molar-refractivity contribution in [3.8, 4) is 0 Å². The van der Waals surface area contributed by atoms with Crippen LogP contribution in [0, 0.1) is 11.3 Å². The normalized spacial score (nSPS) is 31.6. The lowest BCUT2D eigenvalue weighted by atomic mass is 9.76. The highest BCUT2D eigenvalue weighted by molar-refractivity contribution is 4.85. The number of nitrogens with zero attached hydrogens (tertiary/aromatic N) is 1. The van der Waals surface area contributed by atoms with Gasteiger partial charge >= 0.3 is 0 Å². The molecular formula is C18H36N2O. The SMILES string of the molecule is CC(C)(C)C1CCCC(N(CCO)CC2CCCN2)CC1. The highest BCUT2D eigenvalue weighted by atomic mass is 16.3. The second-order valence-electron chi connectivity index (χ2n) is 8.24. The summed E-state index contributed by atoms with van der Waals surface area (Å²) in [5, 5.41) is 13.0. The van der Waals surface area contributed by atoms with Gasteiger partial charge in [-0.05, 0) is 56.4 Å². The predicted molar refractivity (Wildman–Crippen MR) is 89.5 cm³/mol. The Morgan fingerprint density at radius 3 is 2.48 bits per heavy atom. The molecule has 0 aromatic carbocycles. The van der Waals surface area contributed by atoms with E-state index in [0.29, 0.717) is 24.1 Å². The van der Waals surface area contributed by atoms with Gasteiger partial charge in [-0.2, -0.15) is 0 Å². The zero-order chi connectivity index (χ0) is 15.3. The molecule has 2 aliphatic rings. The molecular weight excluding hydrogens is 260 g/mol. The quantitative estimate of drug-likeness (QED) is 0.766. The van der Waals surface area contributed by atoms with Crippen LogP contribution in [0.5, 0.6) is 0 Å². The number of aliphatic hydroxyl groups is 1. The molecule has 3 atom stereocenters. The number of rotatable bonds is 5. The Morgan fingerprint density at radius 1 is 1.05 bits per heavy atom. The van der Waals surface area contributed by atoms with Gasteiger partial charge in [0.25, 0.3) is 0 Å². The van der Waals surface area contributed by atoms with Gasteiger partial charge in [0.05, 0.1) is 6.61 Å². The summed E-state index contributed by atoms with van der Waals surface area (Å²) in [5.41, 5.74) is 0.448. The maximum Gasteiger partial charge on any atom is 0.0558 e. The van der Waals surface area contributed by atoms with Crippen LogP contribution in [0.3, 0.4) is 0 Å². The third-order valence-electron chi connectivity index (χ3n) is 5.68. The van der Waals surface area contributed by atoms with Crippen LogP contribution in [0.1, 0.15) is 65.7 Å². The highest BCUT2D eigenvalue weighted by Crippen LogP contribution is 2.37. The van der Waals surface area contributed by atoms with E-state index in [2.05, 4.69) is 31.0 Å². The monoisotopic (exact) mass is 296 g/mol. The van der Waals surface area contributed by atoms with Crippen LogP contribution in [0.25, 0.3) is 0 Å². The Morgan fingerprint density at radius 2 is 1.86 bits per heavy atom. The molecule has 2 rings (SSSR count). The smallest absolute Gasteiger partial charge is 0.0558 e. The molecule has 0 aromatic rings. The average Bonchev–Trinajstić information content (AvgIpc) is 2.78. The van der Waals surface area contributed by atoms with Crippen molar-refractivity contribution in [2.24, 2.45) is 11.3 Å². The summed E-state index contributed by atoms with van der Waals surface area (Å²) in [7, 11) is 0. The molecule has 124 valence electrons. The molecule has 3 nitrogen and oxygen atoms in total. The first-order valence-electron chi connectivity index (χ1n) is 9.09. The van der Waals surface area contributed by atoms with E-state index < -0.39 is 0 Å². The minimum absolute atomic E-state index is 0.298. The van der Waals surface area contributed by atoms with Crippen LogP contribution < -0.4 is 5.32 Å². The lowest BCUT2D eigenvalue weighted by Crippen LogP contribution is -2.44. The van der Waals surface area contributed by atoms with Gasteiger partial charge in [-0.3, -0.25) is 4.90 Å². The molecule has 1 aliphatic heterocycles. The maximum absolute atomic E-state index is 9.43. The van der Waals surface area contributed by atoms with E-state index in [1.165, 1.54) is 51.5 Å². The van der Waals surface area contributed by atoms with Crippen molar-refractivity contribution < 1.29 is 5.11 Å². The summed E-state index contributed by atoms with van der Waals surface area (Å²) < 4.78 is 0. The van der Waals surface area contributed by atoms with Gasteiger partial charge in [0.2, 0.25) is 0 Å². The summed E-state index contributed by atoms with van der Waals surface area (Å²) in [4.78, 5) is 2.58. The Bertz CT molecular complexity index is 294. The first-order valence-corrected chi connectivity index (χ1v) is 9.09. The molecule has 0 bridgehead atoms. The minimum atomic E-state index is 0.298. The second kappa shape index (κ2) is 7.94. The fourth-order valence-corrected chi connectivity index (χ4v) is 4.26. The molecule has 1 aliphatic carbocycles. The Kier molecular flexibility index (Phi) is 6.51. The number of aliphatic hydroxyl groups excluding tert-OH is 1. The summed E-state index contributed by atoms with van der Waals surface area (Å²) in [5.74, 6) is 0.864. The molecule has 1 heterocycles. The van der Waals surface area contributed by atoms with E-state index in [1.807, 2.05) is 0 Å². The van der Waals surface area contributed by atoms with Gasteiger partial charge in [0.1, 0.15) is 0 Å². The van der Waals surface area contributed by atoms with Crippen LogP contribution in [0.4, 0.5) is 0 Å². The van der Waals surface area contributed by atoms with Gasteiger partial charge in [-0.25, -0.2) is 0 Å². The maximum atomic E-state index is 9.43. The molecule has 0 spiro atoms. The van der Waals surface area contributed by atoms with Crippen LogP contribution >= 0.6 is 0 Å². The van der Waals surface area contributed by atoms with Crippen molar-refractivity contribution in [1.29, 1.82) is 0 Å². The Labute approximate surface area is 131 Å². The van der Waals surface area contributed by atoms with Gasteiger partial charge in [0.15, 0.2) is 0 Å². The van der Waals surface area contributed by atoms with Crippen LogP contribution in [-0.4, -0.2) is 48.3 Å². The topological polar surface area (TPSA) is 35.5 Å². The predicted octanol–water partition coefficient (Wildman–Crippen LogP) is 3.03. The second-order valence-corrected chi connectivity index (χ2v) is 8.24. The Hall–Kier alpha value is -0.120. The van der Waals surface area contributed by atoms with Crippen molar-refractivity contribution in [2.45, 2.75) is 77.8 Å². The van der Waals surface area contributed by atoms with Crippen molar-refractivity contribution in [2.75, 3.05) is 26.2 Å². The van der Waals surface area contributed by atoms with E-state index >= 15 is 0 Å². The van der Waals surface area contributed by atoms with E-state index in [4.69, 9.17) is 0 Å². The van der Waals surface area contributed by atoms with Crippen LogP contribution in [0.15, 0.2) is 0 Å². The summed E-state index contributed by atoms with van der Waals surface area (Å²) in [6, 6.07) is 1.34. The molecule has 0 amide bonds. The van der Waals surface area contributed by atoms with Crippen molar-refractivity contribution in [3.63, 3.8) is 0 Å². The van der Waals surface area contributed by atoms with Gasteiger partial charge in [0, 0.05) is 25.2 Å². The Balaban J connectivity index is 1.90. The molecule has 1 saturated carbocycles. The van der Waals surface area contributed by atoms with Crippen molar-refractivity contribution in [1.82, 2.24) is 10.2 Å². The third-order valence-corrected chi connectivity index (χ3v) is 5.68. The van der Waals surface area contributed by atoms with Crippen LogP contribution in [-0.2, 0) is 0 Å². The van der Waals surface area contributed by atoms with E-state index in [-0.39, 0.29) is 0 Å². The molecule has 2 N–H and O–H groups in total. The fraction of sp³-hybridized carbons (Fsp3) is 1.00. The number of hydrogen-bond donors (Lipinski definition) is 2. The minimum Gasteiger partial charge on any atom is -0.395 e. The lowest BCUT2D eigenvalue weighted by molar-refractivity contribution is 0.125. The summed E-state index contributed by atoms with van der Waals surface area (Å²) in [6.45, 7) is 10.6. The number of hydrogen-bond acceptors (Lipinski definition) is 3. The van der Waals surface area contributed by atoms with E-state index in [1.54, 1.807) is 0 Å². The summed E-state index contributed by atoms with van der Waals surface area (Å²) >= 11 is 0. The molecule has 3 unspecified atom stereocenters. The third kappa shape index (κ3) is 5.22. The highest BCUT2D eigenvalue weighted by Gasteiger charge is 2.30. The van der Waals surface area contributed by atoms with Gasteiger partial charge in [-0.1, -0.05) is 27.2 Å². The standard InChI is InChI=1S/C18H36N2O/c1-18(2,3)15-6-4-8-17(10-9-15)20(12-13-21)14-16-7-5-11-19-16/h15-17,19,21H,4-14H2,1-3H3. The molecule has 0 aromatic heterocycles. The zero-order valence-electron chi connectivity index (χ0n) is 14.4. The van der Waals surface area contributed by atoms with E-state index in [9.17, 15) is 5.11 Å². The van der Waals surface area contributed by atoms with Crippen molar-refractivity contribution >= 4 is 0 Å². The molecule has 1 saturated heterocycles. The zero-order valence-corrected chi connectivity index (χ0v) is 14.4. The summed E-state index contributed by atoms with van der Waals surface area (Å²) in [6.07, 6.45) is 9.34. The average molecular weight is 296 g/mol. The number of nitrogens with one attached hydrogen (secondary N) is 1. The van der Waals surface area contributed by atoms with Gasteiger partial charge < -0.3 is 10.4 Å². The molecule has 21 heavy (non-hydrogen) atoms. The lowest BCUT2D eigenvalue weighted by Gasteiger charge is -2.33.